The first-order valence-electron chi connectivity index (χ1n) is 28.6. The zero-order valence-electron chi connectivity index (χ0n) is 51.9. The monoisotopic (exact) mass is 932 g/mol. The van der Waals surface area contributed by atoms with Gasteiger partial charge in [-0.2, -0.15) is 0 Å². The molecule has 70 heavy (non-hydrogen) atoms. The van der Waals surface area contributed by atoms with E-state index < -0.39 is 71.3 Å². The Balaban J connectivity index is 1.15. The first-order valence-corrected chi connectivity index (χ1v) is 23.6. The number of anilines is 2. The maximum absolute atomic E-state index is 9.20. The van der Waals surface area contributed by atoms with Crippen molar-refractivity contribution >= 4 is 33.2 Å². The molecule has 0 unspecified atom stereocenters. The minimum atomic E-state index is -0.554. The van der Waals surface area contributed by atoms with Crippen molar-refractivity contribution in [3.05, 3.63) is 186 Å². The third-order valence-electron chi connectivity index (χ3n) is 13.1. The Bertz CT molecular complexity index is 3910. The molecule has 0 spiro atoms. The number of nitrogens with zero attached hydrogens (tertiary/aromatic N) is 7. The molecule has 0 N–H and O–H groups in total. The number of aromatic nitrogens is 5. The summed E-state index contributed by atoms with van der Waals surface area (Å²) in [5.41, 5.74) is 5.88. The Morgan fingerprint density at radius 1 is 0.571 bits per heavy atom. The van der Waals surface area contributed by atoms with Gasteiger partial charge in [0.25, 0.3) is 0 Å². The van der Waals surface area contributed by atoms with Crippen LogP contribution in [0.5, 0.6) is 11.5 Å². The van der Waals surface area contributed by atoms with Crippen LogP contribution in [0, 0.1) is 20.8 Å². The van der Waals surface area contributed by atoms with E-state index >= 15 is 0 Å². The molecule has 10 rings (SSSR count). The van der Waals surface area contributed by atoms with Gasteiger partial charge in [0.15, 0.2) is 5.82 Å². The zero-order chi connectivity index (χ0) is 58.0. The third kappa shape index (κ3) is 8.50. The molecule has 9 aromatic rings. The van der Waals surface area contributed by atoms with Gasteiger partial charge in [0.05, 0.1) is 42.7 Å². The smallest absolute Gasteiger partial charge is 0.167 e. The standard InChI is InChI=1S/C62H63N7O/c1-39-40(2)54(42-22-15-13-16-23-42)56(55(41(39)3)43-24-17-14-18-25-43)68-33-32-67(38-68)45-26-21-27-46(35-45)70-52-37-51-48(36-49(52)57-64-58(61(7,8)9)66-59(65-57)62(10,11)12)47-28-19-20-29-50(47)69(51)53-34-44(30-31-63-53)60(4,5)6/h13-37H,38H2,1-12H3/i13D,14D,15D,16D,17D,18D,22D,23D,24D,25D. The molecule has 1 aliphatic heterocycles. The summed E-state index contributed by atoms with van der Waals surface area (Å²) in [5, 5.41) is 1.96. The van der Waals surface area contributed by atoms with Crippen molar-refractivity contribution in [3.63, 3.8) is 0 Å². The van der Waals surface area contributed by atoms with Crippen molar-refractivity contribution in [2.45, 2.75) is 99.3 Å². The molecule has 0 amide bonds. The minimum Gasteiger partial charge on any atom is -0.456 e. The summed E-state index contributed by atoms with van der Waals surface area (Å²) in [7, 11) is 0. The largest absolute Gasteiger partial charge is 0.456 e. The third-order valence-corrected chi connectivity index (χ3v) is 13.1. The van der Waals surface area contributed by atoms with Crippen molar-refractivity contribution in [1.29, 1.82) is 0 Å². The highest BCUT2D eigenvalue weighted by Gasteiger charge is 2.30. The van der Waals surface area contributed by atoms with Crippen LogP contribution in [0.2, 0.25) is 0 Å². The van der Waals surface area contributed by atoms with Crippen LogP contribution in [0.25, 0.3) is 61.3 Å². The summed E-state index contributed by atoms with van der Waals surface area (Å²) in [5.74, 6) is 3.45. The number of fused-ring (bicyclic) bond motifs is 3. The molecular formula is C62H63N7O. The molecule has 352 valence electrons. The number of hydrogen-bond donors (Lipinski definition) is 0. The Hall–Kier alpha value is -7.58. The molecule has 8 heteroatoms. The van der Waals surface area contributed by atoms with E-state index in [1.165, 1.54) is 0 Å². The van der Waals surface area contributed by atoms with Gasteiger partial charge < -0.3 is 14.5 Å². The molecule has 0 atom stereocenters. The Morgan fingerprint density at radius 2 is 1.19 bits per heavy atom. The van der Waals surface area contributed by atoms with Gasteiger partial charge in [0.1, 0.15) is 29.0 Å². The van der Waals surface area contributed by atoms with Crippen LogP contribution < -0.4 is 14.5 Å². The average molecular weight is 932 g/mol. The van der Waals surface area contributed by atoms with Crippen LogP contribution in [0.15, 0.2) is 152 Å². The van der Waals surface area contributed by atoms with Gasteiger partial charge in [0, 0.05) is 69.1 Å². The molecule has 4 heterocycles. The van der Waals surface area contributed by atoms with E-state index in [0.29, 0.717) is 62.6 Å². The quantitative estimate of drug-likeness (QED) is 0.150. The maximum atomic E-state index is 9.20. The second-order valence-electron chi connectivity index (χ2n) is 21.1. The van der Waals surface area contributed by atoms with E-state index in [9.17, 15) is 5.48 Å². The fourth-order valence-corrected chi connectivity index (χ4v) is 9.05. The van der Waals surface area contributed by atoms with E-state index in [-0.39, 0.29) is 34.3 Å². The number of para-hydroxylation sites is 1. The summed E-state index contributed by atoms with van der Waals surface area (Å²) < 4.78 is 97.9. The minimum absolute atomic E-state index is 0.0746. The van der Waals surface area contributed by atoms with Crippen LogP contribution in [0.4, 0.5) is 11.4 Å². The molecule has 0 aliphatic carbocycles. The molecule has 3 aromatic heterocycles. The molecule has 0 saturated heterocycles. The van der Waals surface area contributed by atoms with Crippen LogP contribution in [0.1, 0.15) is 110 Å². The van der Waals surface area contributed by atoms with Crippen LogP contribution in [-0.4, -0.2) is 31.2 Å². The summed E-state index contributed by atoms with van der Waals surface area (Å²) in [6.07, 6.45) is 5.47. The predicted molar refractivity (Wildman–Crippen MR) is 291 cm³/mol. The van der Waals surface area contributed by atoms with Crippen molar-refractivity contribution in [2.24, 2.45) is 0 Å². The summed E-state index contributed by atoms with van der Waals surface area (Å²) in [6, 6.07) is 19.2. The van der Waals surface area contributed by atoms with Crippen LogP contribution in [0.3, 0.4) is 0 Å². The van der Waals surface area contributed by atoms with Gasteiger partial charge in [-0.3, -0.25) is 4.57 Å². The summed E-state index contributed by atoms with van der Waals surface area (Å²) in [4.78, 5) is 24.1. The molecule has 8 nitrogen and oxygen atoms in total. The lowest BCUT2D eigenvalue weighted by molar-refractivity contribution is 0.481. The summed E-state index contributed by atoms with van der Waals surface area (Å²) in [6.45, 7) is 24.6. The first-order chi connectivity index (χ1) is 37.5. The molecule has 0 radical (unpaired) electrons. The van der Waals surface area contributed by atoms with Crippen molar-refractivity contribution in [2.75, 3.05) is 16.5 Å². The van der Waals surface area contributed by atoms with Crippen LogP contribution >= 0.6 is 0 Å². The highest BCUT2D eigenvalue weighted by Crippen LogP contribution is 2.48. The van der Waals surface area contributed by atoms with Gasteiger partial charge in [0.2, 0.25) is 0 Å². The van der Waals surface area contributed by atoms with E-state index in [0.717, 1.165) is 33.2 Å². The summed E-state index contributed by atoms with van der Waals surface area (Å²) >= 11 is 0. The molecule has 0 saturated carbocycles. The van der Waals surface area contributed by atoms with E-state index in [1.54, 1.807) is 6.20 Å². The number of hydrogen-bond acceptors (Lipinski definition) is 7. The topological polar surface area (TPSA) is 72.2 Å². The van der Waals surface area contributed by atoms with Gasteiger partial charge in [-0.25, -0.2) is 19.9 Å². The van der Waals surface area contributed by atoms with Crippen molar-refractivity contribution < 1.29 is 18.4 Å². The maximum Gasteiger partial charge on any atom is 0.167 e. The second kappa shape index (κ2) is 17.4. The highest BCUT2D eigenvalue weighted by atomic mass is 16.5. The number of ether oxygens (including phenoxy) is 1. The SMILES string of the molecule is [2H]c1c([2H])c([2H])c(-c2c(C)c(C)c(C)c(-c3c([2H])c([2H])c([2H])c([2H])c3[2H])c2N2C=CN(c3cccc(Oc4cc5c(cc4-c4nc(C(C)(C)C)nc(C(C)(C)C)n4)c4ccccc4n5-c4cc(C(C)(C)C)ccn4)c3)C2)c([2H])c1[2H]. The molecule has 1 aliphatic rings. The van der Waals surface area contributed by atoms with Gasteiger partial charge >= 0.3 is 0 Å². The van der Waals surface area contributed by atoms with E-state index in [2.05, 4.69) is 91.1 Å². The van der Waals surface area contributed by atoms with Gasteiger partial charge in [-0.15, -0.1) is 0 Å². The van der Waals surface area contributed by atoms with Gasteiger partial charge in [-0.1, -0.05) is 147 Å². The number of benzene rings is 6. The first kappa shape index (κ1) is 35.5. The zero-order valence-corrected chi connectivity index (χ0v) is 41.9. The van der Waals surface area contributed by atoms with Crippen LogP contribution in [-0.2, 0) is 16.2 Å². The van der Waals surface area contributed by atoms with Gasteiger partial charge in [-0.05, 0) is 96.0 Å². The van der Waals surface area contributed by atoms with E-state index in [1.807, 2.05) is 91.5 Å². The lowest BCUT2D eigenvalue weighted by Crippen LogP contribution is -2.26. The molecule has 6 aromatic carbocycles. The lowest BCUT2D eigenvalue weighted by atomic mass is 9.85. The van der Waals surface area contributed by atoms with E-state index in [4.69, 9.17) is 32.9 Å². The Kier molecular flexibility index (Phi) is 8.84. The molecule has 0 fully saturated rings. The fourth-order valence-electron chi connectivity index (χ4n) is 9.05. The second-order valence-corrected chi connectivity index (χ2v) is 21.1. The number of pyridine rings is 1. The molecule has 0 bridgehead atoms. The average Bonchev–Trinajstić information content (AvgIpc) is 4.06. The van der Waals surface area contributed by atoms with Crippen molar-refractivity contribution in [3.8, 4) is 51.0 Å². The predicted octanol–water partition coefficient (Wildman–Crippen LogP) is 15.7. The fraction of sp³-hybridized carbons (Fsp3) is 0.258. The normalized spacial score (nSPS) is 15.3. The van der Waals surface area contributed by atoms with Crippen molar-refractivity contribution in [1.82, 2.24) is 24.5 Å². The highest BCUT2D eigenvalue weighted by molar-refractivity contribution is 6.11. The Morgan fingerprint density at radius 3 is 1.80 bits per heavy atom. The lowest BCUT2D eigenvalue weighted by Gasteiger charge is -2.30. The number of rotatable bonds is 8. The molecular weight excluding hydrogens is 859 g/mol. The Labute approximate surface area is 427 Å².